The van der Waals surface area contributed by atoms with Crippen LogP contribution in [0.3, 0.4) is 0 Å². The minimum Gasteiger partial charge on any atom is -0.497 e. The van der Waals surface area contributed by atoms with Crippen molar-refractivity contribution in [2.45, 2.75) is 39.4 Å². The molecule has 1 unspecified atom stereocenters. The van der Waals surface area contributed by atoms with Gasteiger partial charge in [-0.2, -0.15) is 0 Å². The fraction of sp³-hybridized carbons (Fsp3) is 0.407. The summed E-state index contributed by atoms with van der Waals surface area (Å²) in [5.74, 6) is 0.949. The van der Waals surface area contributed by atoms with Crippen molar-refractivity contribution in [2.24, 2.45) is 0 Å². The molecule has 0 amide bonds. The first-order chi connectivity index (χ1) is 15.2. The van der Waals surface area contributed by atoms with Crippen LogP contribution < -0.4 is 14.5 Å². The van der Waals surface area contributed by atoms with E-state index in [0.29, 0.717) is 0 Å². The Morgan fingerprint density at radius 2 is 1.81 bits per heavy atom. The van der Waals surface area contributed by atoms with Gasteiger partial charge in [-0.1, -0.05) is 36.4 Å². The Balaban J connectivity index is 1.48. The van der Waals surface area contributed by atoms with Gasteiger partial charge in [0.05, 0.1) is 25.9 Å². The fourth-order valence-corrected chi connectivity index (χ4v) is 4.78. The smallest absolute Gasteiger partial charge is 0.127 e. The molecule has 1 aromatic heterocycles. The number of likely N-dealkylation sites (tertiary alicyclic amines) is 1. The van der Waals surface area contributed by atoms with Crippen LogP contribution in [0.5, 0.6) is 5.75 Å². The first-order valence-electron chi connectivity index (χ1n) is 11.7. The van der Waals surface area contributed by atoms with E-state index in [1.165, 1.54) is 61.4 Å². The first kappa shape index (κ1) is 21.7. The molecule has 0 spiro atoms. The maximum Gasteiger partial charge on any atom is 0.127 e. The summed E-state index contributed by atoms with van der Waals surface area (Å²) in [6.07, 6.45) is 5.01. The zero-order chi connectivity index (χ0) is 21.5. The molecule has 1 saturated heterocycles. The van der Waals surface area contributed by atoms with Crippen LogP contribution in [-0.2, 0) is 19.6 Å². The van der Waals surface area contributed by atoms with Gasteiger partial charge in [-0.25, -0.2) is 0 Å². The average Bonchev–Trinajstić information content (AvgIpc) is 3.46. The van der Waals surface area contributed by atoms with E-state index in [1.807, 2.05) is 6.07 Å². The first-order valence-corrected chi connectivity index (χ1v) is 11.7. The van der Waals surface area contributed by atoms with E-state index < -0.39 is 0 Å². The molecule has 4 heteroatoms. The average molecular weight is 420 g/mol. The molecule has 2 aromatic carbocycles. The van der Waals surface area contributed by atoms with E-state index in [9.17, 15) is 0 Å². The third kappa shape index (κ3) is 5.99. The zero-order valence-corrected chi connectivity index (χ0v) is 19.1. The van der Waals surface area contributed by atoms with Crippen LogP contribution in [0.25, 0.3) is 0 Å². The zero-order valence-electron chi connectivity index (χ0n) is 19.1. The highest BCUT2D eigenvalue weighted by Gasteiger charge is 2.20. The molecule has 4 rings (SSSR count). The summed E-state index contributed by atoms with van der Waals surface area (Å²) in [6.45, 7) is 10.4. The monoisotopic (exact) mass is 419 g/mol. The molecule has 2 N–H and O–H groups in total. The van der Waals surface area contributed by atoms with E-state index in [1.54, 1.807) is 16.9 Å². The summed E-state index contributed by atoms with van der Waals surface area (Å²) in [5.41, 5.74) is 5.52. The highest BCUT2D eigenvalue weighted by molar-refractivity contribution is 5.28. The van der Waals surface area contributed by atoms with Crippen LogP contribution >= 0.6 is 0 Å². The van der Waals surface area contributed by atoms with Gasteiger partial charge >= 0.3 is 0 Å². The number of rotatable bonds is 10. The summed E-state index contributed by atoms with van der Waals surface area (Å²) in [7, 11) is 1.75. The van der Waals surface area contributed by atoms with Crippen molar-refractivity contribution in [1.82, 2.24) is 4.57 Å². The minimum atomic E-state index is 0.943. The second-order valence-electron chi connectivity index (χ2n) is 8.97. The molecule has 1 atom stereocenters. The quantitative estimate of drug-likeness (QED) is 0.517. The third-order valence-corrected chi connectivity index (χ3v) is 6.69. The highest BCUT2D eigenvalue weighted by Crippen LogP contribution is 2.13. The van der Waals surface area contributed by atoms with Crippen LogP contribution in [0.15, 0.2) is 66.9 Å². The number of ether oxygens (including phenoxy) is 1. The lowest BCUT2D eigenvalue weighted by Gasteiger charge is -2.22. The van der Waals surface area contributed by atoms with Gasteiger partial charge in [-0.05, 0) is 42.3 Å². The van der Waals surface area contributed by atoms with Crippen molar-refractivity contribution in [3.8, 4) is 5.75 Å². The van der Waals surface area contributed by atoms with Gasteiger partial charge in [0, 0.05) is 31.1 Å². The minimum absolute atomic E-state index is 0.943. The lowest BCUT2D eigenvalue weighted by atomic mass is 10.1. The third-order valence-electron chi connectivity index (χ3n) is 6.69. The number of benzene rings is 2. The molecule has 3 aromatic rings. The predicted molar refractivity (Wildman–Crippen MR) is 126 cm³/mol. The Bertz CT molecular complexity index is 958. The van der Waals surface area contributed by atoms with E-state index in [4.69, 9.17) is 4.74 Å². The molecule has 2 heterocycles. The molecule has 1 aliphatic rings. The van der Waals surface area contributed by atoms with Crippen LogP contribution in [-0.4, -0.2) is 37.9 Å². The number of hydrogen-bond acceptors (Lipinski definition) is 1. The number of aromatic nitrogens is 1. The van der Waals surface area contributed by atoms with Gasteiger partial charge in [0.1, 0.15) is 31.9 Å². The van der Waals surface area contributed by atoms with Gasteiger partial charge in [-0.3, -0.25) is 0 Å². The summed E-state index contributed by atoms with van der Waals surface area (Å²) in [5, 5.41) is 0. The number of methoxy groups -OCH3 is 1. The molecule has 0 saturated carbocycles. The van der Waals surface area contributed by atoms with Crippen LogP contribution in [0.2, 0.25) is 0 Å². The second-order valence-corrected chi connectivity index (χ2v) is 8.97. The van der Waals surface area contributed by atoms with E-state index in [0.717, 1.165) is 25.4 Å². The molecule has 31 heavy (non-hydrogen) atoms. The maximum absolute atomic E-state index is 5.46. The van der Waals surface area contributed by atoms with Crippen molar-refractivity contribution in [1.29, 1.82) is 0 Å². The van der Waals surface area contributed by atoms with Crippen molar-refractivity contribution < 1.29 is 14.5 Å². The maximum atomic E-state index is 5.46. The van der Waals surface area contributed by atoms with Crippen molar-refractivity contribution in [3.05, 3.63) is 89.2 Å². The summed E-state index contributed by atoms with van der Waals surface area (Å²) in [4.78, 5) is 3.40. The van der Waals surface area contributed by atoms with E-state index >= 15 is 0 Å². The lowest BCUT2D eigenvalue weighted by molar-refractivity contribution is -0.968. The topological polar surface area (TPSA) is 23.0 Å². The second kappa shape index (κ2) is 10.7. The summed E-state index contributed by atoms with van der Waals surface area (Å²) in [6, 6.07) is 21.8. The van der Waals surface area contributed by atoms with E-state index in [2.05, 4.69) is 72.3 Å². The molecule has 0 bridgehead atoms. The standard InChI is InChI=1S/C27H35N3O/c1-23-9-3-4-11-25(23)21-30-16-8-12-26(30)22-29(18-17-28-14-5-6-15-28)20-24-10-7-13-27(19-24)31-2/h3-4,7-13,16,19H,5-6,14-15,17-18,20-22H2,1-2H3/p+2. The SMILES string of the molecule is COc1cccc(C[NH+](CC[NH+]2CCCC2)Cc2cccn2Cc2ccccc2C)c1. The number of aryl methyl sites for hydroxylation is 1. The van der Waals surface area contributed by atoms with Gasteiger partial charge < -0.3 is 19.1 Å². The number of quaternary nitrogens is 2. The molecular formula is C27H37N3O+2. The van der Waals surface area contributed by atoms with Crippen molar-refractivity contribution in [3.63, 3.8) is 0 Å². The molecule has 4 nitrogen and oxygen atoms in total. The Morgan fingerprint density at radius 3 is 2.61 bits per heavy atom. The van der Waals surface area contributed by atoms with Gasteiger partial charge in [0.15, 0.2) is 0 Å². The van der Waals surface area contributed by atoms with Crippen LogP contribution in [0.1, 0.15) is 35.2 Å². The normalized spacial score (nSPS) is 15.3. The molecular weight excluding hydrogens is 382 g/mol. The number of nitrogens with zero attached hydrogens (tertiary/aromatic N) is 1. The van der Waals surface area contributed by atoms with Crippen molar-refractivity contribution in [2.75, 3.05) is 33.3 Å². The Morgan fingerprint density at radius 1 is 0.968 bits per heavy atom. The lowest BCUT2D eigenvalue weighted by Crippen LogP contribution is -3.18. The summed E-state index contributed by atoms with van der Waals surface area (Å²) < 4.78 is 7.89. The molecule has 0 radical (unpaired) electrons. The predicted octanol–water partition coefficient (Wildman–Crippen LogP) is 2.12. The summed E-state index contributed by atoms with van der Waals surface area (Å²) >= 11 is 0. The largest absolute Gasteiger partial charge is 0.497 e. The highest BCUT2D eigenvalue weighted by atomic mass is 16.5. The van der Waals surface area contributed by atoms with E-state index in [-0.39, 0.29) is 0 Å². The molecule has 1 aliphatic heterocycles. The van der Waals surface area contributed by atoms with Crippen molar-refractivity contribution >= 4 is 0 Å². The Kier molecular flexibility index (Phi) is 7.44. The van der Waals surface area contributed by atoms with Gasteiger partial charge in [-0.15, -0.1) is 0 Å². The fourth-order valence-electron chi connectivity index (χ4n) is 4.78. The van der Waals surface area contributed by atoms with Crippen LogP contribution in [0, 0.1) is 6.92 Å². The molecule has 164 valence electrons. The molecule has 1 fully saturated rings. The Hall–Kier alpha value is -2.56. The Labute approximate surface area is 187 Å². The van der Waals surface area contributed by atoms with Gasteiger partial charge in [0.2, 0.25) is 0 Å². The molecule has 0 aliphatic carbocycles. The number of hydrogen-bond donors (Lipinski definition) is 2. The van der Waals surface area contributed by atoms with Crippen LogP contribution in [0.4, 0.5) is 0 Å². The number of nitrogens with one attached hydrogen (secondary N) is 2. The van der Waals surface area contributed by atoms with Gasteiger partial charge in [0.25, 0.3) is 0 Å².